The topological polar surface area (TPSA) is 25.8 Å². The highest BCUT2D eigenvalue weighted by Crippen LogP contribution is 2.67. The molecule has 288 valence electrons. The van der Waals surface area contributed by atoms with Crippen LogP contribution in [0.1, 0.15) is 44.5 Å². The van der Waals surface area contributed by atoms with E-state index in [0.717, 1.165) is 33.6 Å². The molecule has 0 saturated carbocycles. The number of aromatic nitrogens is 2. The SMILES string of the molecule is c1ccc(-c2cc(-c3ccc(-c4ccc5c(c4)C4(c6ccccc6-5)c5ccccc5C5(c6ccccc6-c6ccccc65)c5ccccc54)cc3)nc(-c3ccccc3)n2)cc1. The van der Waals surface area contributed by atoms with E-state index in [1.807, 2.05) is 24.3 Å². The van der Waals surface area contributed by atoms with Crippen molar-refractivity contribution in [1.82, 2.24) is 9.97 Å². The number of fused-ring (bicyclic) bond motifs is 16. The minimum Gasteiger partial charge on any atom is -0.228 e. The molecule has 0 fully saturated rings. The summed E-state index contributed by atoms with van der Waals surface area (Å²) in [5.41, 5.74) is 22.2. The summed E-state index contributed by atoms with van der Waals surface area (Å²) < 4.78 is 0. The molecule has 2 heteroatoms. The van der Waals surface area contributed by atoms with Gasteiger partial charge in [0.15, 0.2) is 5.82 Å². The summed E-state index contributed by atoms with van der Waals surface area (Å²) in [6, 6.07) is 84.7. The molecule has 0 bridgehead atoms. The lowest BCUT2D eigenvalue weighted by Gasteiger charge is -2.48. The molecule has 0 aliphatic heterocycles. The Balaban J connectivity index is 1.00. The molecule has 62 heavy (non-hydrogen) atoms. The quantitative estimate of drug-likeness (QED) is 0.178. The van der Waals surface area contributed by atoms with Crippen molar-refractivity contribution in [3.05, 3.63) is 275 Å². The monoisotopic (exact) mass is 786 g/mol. The van der Waals surface area contributed by atoms with Crippen LogP contribution < -0.4 is 0 Å². The number of benzene rings is 9. The lowest BCUT2D eigenvalue weighted by Crippen LogP contribution is -2.43. The Morgan fingerprint density at radius 1 is 0.226 bits per heavy atom. The molecule has 0 radical (unpaired) electrons. The first-order chi connectivity index (χ1) is 30.7. The van der Waals surface area contributed by atoms with E-state index in [1.165, 1.54) is 72.3 Å². The first kappa shape index (κ1) is 34.9. The van der Waals surface area contributed by atoms with Gasteiger partial charge < -0.3 is 0 Å². The van der Waals surface area contributed by atoms with Gasteiger partial charge in [-0.1, -0.05) is 218 Å². The molecular formula is C60H38N2. The summed E-state index contributed by atoms with van der Waals surface area (Å²) in [4.78, 5) is 10.1. The zero-order valence-electron chi connectivity index (χ0n) is 33.8. The molecule has 3 aliphatic carbocycles. The molecule has 2 spiro atoms. The van der Waals surface area contributed by atoms with E-state index in [2.05, 4.69) is 206 Å². The molecule has 1 heterocycles. The second-order valence-corrected chi connectivity index (χ2v) is 16.8. The summed E-state index contributed by atoms with van der Waals surface area (Å²) in [5, 5.41) is 0. The van der Waals surface area contributed by atoms with Gasteiger partial charge in [0.1, 0.15) is 0 Å². The third kappa shape index (κ3) is 4.69. The van der Waals surface area contributed by atoms with Gasteiger partial charge in [0.2, 0.25) is 0 Å². The summed E-state index contributed by atoms with van der Waals surface area (Å²) in [5.74, 6) is 0.717. The Labute approximate surface area is 361 Å². The highest BCUT2D eigenvalue weighted by atomic mass is 14.9. The van der Waals surface area contributed by atoms with Gasteiger partial charge in [-0.3, -0.25) is 0 Å². The smallest absolute Gasteiger partial charge is 0.160 e. The maximum absolute atomic E-state index is 5.12. The van der Waals surface area contributed by atoms with E-state index in [4.69, 9.17) is 9.97 Å². The second kappa shape index (κ2) is 13.3. The van der Waals surface area contributed by atoms with Crippen molar-refractivity contribution in [1.29, 1.82) is 0 Å². The molecule has 0 N–H and O–H groups in total. The standard InChI is InChI=1S/C60H38N2/c1-3-17-40(18-4-1)56-38-57(62-58(61-56)42-19-5-2-6-20-42)41-33-31-39(32-34-41)43-35-36-47-46-23-9-12-26-50(46)60(55(47)37-43)53-29-15-13-27-51(53)59(52-28-14-16-30-54(52)60)48-24-10-7-21-44(48)45-22-8-11-25-49(45)59/h1-38H. The van der Waals surface area contributed by atoms with Crippen LogP contribution in [0.3, 0.4) is 0 Å². The Morgan fingerprint density at radius 2 is 0.565 bits per heavy atom. The average molecular weight is 787 g/mol. The van der Waals surface area contributed by atoms with Crippen molar-refractivity contribution in [3.63, 3.8) is 0 Å². The van der Waals surface area contributed by atoms with Gasteiger partial charge in [-0.15, -0.1) is 0 Å². The molecule has 1 aromatic heterocycles. The Hall–Kier alpha value is -7.94. The minimum absolute atomic E-state index is 0.460. The molecule has 9 aromatic carbocycles. The van der Waals surface area contributed by atoms with Crippen LogP contribution in [0, 0.1) is 0 Å². The first-order valence-electron chi connectivity index (χ1n) is 21.5. The van der Waals surface area contributed by atoms with Crippen molar-refractivity contribution >= 4 is 0 Å². The summed E-state index contributed by atoms with van der Waals surface area (Å²) in [6.45, 7) is 0. The minimum atomic E-state index is -0.532. The van der Waals surface area contributed by atoms with Crippen LogP contribution in [-0.2, 0) is 10.8 Å². The molecule has 0 atom stereocenters. The number of rotatable bonds is 4. The molecular weight excluding hydrogens is 749 g/mol. The predicted octanol–water partition coefficient (Wildman–Crippen LogP) is 14.2. The molecule has 0 amide bonds. The van der Waals surface area contributed by atoms with Crippen LogP contribution in [-0.4, -0.2) is 9.97 Å². The van der Waals surface area contributed by atoms with Crippen molar-refractivity contribution < 1.29 is 0 Å². The van der Waals surface area contributed by atoms with Crippen LogP contribution in [0.2, 0.25) is 0 Å². The van der Waals surface area contributed by atoms with E-state index in [9.17, 15) is 0 Å². The van der Waals surface area contributed by atoms with Gasteiger partial charge in [-0.2, -0.15) is 0 Å². The Kier molecular flexibility index (Phi) is 7.47. The largest absolute Gasteiger partial charge is 0.228 e. The lowest BCUT2D eigenvalue weighted by atomic mass is 9.52. The molecule has 2 nitrogen and oxygen atoms in total. The fraction of sp³-hybridized carbons (Fsp3) is 0.0333. The van der Waals surface area contributed by atoms with Crippen molar-refractivity contribution in [2.45, 2.75) is 10.8 Å². The van der Waals surface area contributed by atoms with Crippen LogP contribution in [0.15, 0.2) is 231 Å². The molecule has 3 aliphatic rings. The van der Waals surface area contributed by atoms with Gasteiger partial charge in [-0.25, -0.2) is 9.97 Å². The molecule has 0 unspecified atom stereocenters. The summed E-state index contributed by atoms with van der Waals surface area (Å²) in [7, 11) is 0. The first-order valence-corrected chi connectivity index (χ1v) is 21.5. The van der Waals surface area contributed by atoms with Gasteiger partial charge in [0.05, 0.1) is 22.2 Å². The molecule has 13 rings (SSSR count). The van der Waals surface area contributed by atoms with E-state index in [-0.39, 0.29) is 0 Å². The fourth-order valence-corrected chi connectivity index (χ4v) is 11.3. The van der Waals surface area contributed by atoms with Crippen LogP contribution in [0.25, 0.3) is 67.3 Å². The average Bonchev–Trinajstić information content (AvgIpc) is 3.82. The summed E-state index contributed by atoms with van der Waals surface area (Å²) in [6.07, 6.45) is 0. The predicted molar refractivity (Wildman–Crippen MR) is 252 cm³/mol. The third-order valence-corrected chi connectivity index (χ3v) is 13.8. The van der Waals surface area contributed by atoms with E-state index in [0.29, 0.717) is 5.82 Å². The maximum Gasteiger partial charge on any atom is 0.160 e. The maximum atomic E-state index is 5.12. The number of hydrogen-bond acceptors (Lipinski definition) is 2. The van der Waals surface area contributed by atoms with Gasteiger partial charge in [0, 0.05) is 16.7 Å². The van der Waals surface area contributed by atoms with E-state index >= 15 is 0 Å². The molecule has 0 saturated heterocycles. The Morgan fingerprint density at radius 3 is 1.05 bits per heavy atom. The number of nitrogens with zero attached hydrogens (tertiary/aromatic N) is 2. The number of hydrogen-bond donors (Lipinski definition) is 0. The van der Waals surface area contributed by atoms with Crippen LogP contribution >= 0.6 is 0 Å². The highest BCUT2D eigenvalue weighted by molar-refractivity contribution is 5.94. The third-order valence-electron chi connectivity index (χ3n) is 13.8. The van der Waals surface area contributed by atoms with Crippen LogP contribution in [0.5, 0.6) is 0 Å². The van der Waals surface area contributed by atoms with Gasteiger partial charge in [-0.05, 0) is 90.0 Å². The fourth-order valence-electron chi connectivity index (χ4n) is 11.3. The van der Waals surface area contributed by atoms with Gasteiger partial charge in [0.25, 0.3) is 0 Å². The van der Waals surface area contributed by atoms with E-state index < -0.39 is 10.8 Å². The van der Waals surface area contributed by atoms with Gasteiger partial charge >= 0.3 is 0 Å². The van der Waals surface area contributed by atoms with E-state index in [1.54, 1.807) is 0 Å². The zero-order valence-corrected chi connectivity index (χ0v) is 33.8. The zero-order chi connectivity index (χ0) is 40.8. The lowest BCUT2D eigenvalue weighted by molar-refractivity contribution is 0.633. The Bertz CT molecular complexity index is 3250. The van der Waals surface area contributed by atoms with Crippen molar-refractivity contribution in [3.8, 4) is 67.3 Å². The summed E-state index contributed by atoms with van der Waals surface area (Å²) >= 11 is 0. The van der Waals surface area contributed by atoms with Crippen molar-refractivity contribution in [2.75, 3.05) is 0 Å². The molecule has 10 aromatic rings. The highest BCUT2D eigenvalue weighted by Gasteiger charge is 2.58. The van der Waals surface area contributed by atoms with Crippen LogP contribution in [0.4, 0.5) is 0 Å². The normalized spacial score (nSPS) is 14.1. The second-order valence-electron chi connectivity index (χ2n) is 16.8. The van der Waals surface area contributed by atoms with Crippen molar-refractivity contribution in [2.24, 2.45) is 0 Å².